The predicted octanol–water partition coefficient (Wildman–Crippen LogP) is 3.43. The number of nitrogens with one attached hydrogen (secondary N) is 1. The molecule has 3 aromatic rings. The van der Waals surface area contributed by atoms with Crippen molar-refractivity contribution < 1.29 is 32.6 Å². The first-order valence-electron chi connectivity index (χ1n) is 12.6. The lowest BCUT2D eigenvalue weighted by Crippen LogP contribution is -2.61. The number of carbonyl (C=O) groups excluding carboxylic acids is 2. The van der Waals surface area contributed by atoms with E-state index in [1.165, 1.54) is 12.1 Å². The number of hydrogen-bond acceptors (Lipinski definition) is 8. The Labute approximate surface area is 238 Å². The van der Waals surface area contributed by atoms with Gasteiger partial charge in [0.25, 0.3) is 15.6 Å². The van der Waals surface area contributed by atoms with Crippen molar-refractivity contribution >= 4 is 39.3 Å². The maximum atomic E-state index is 13.9. The molecule has 4 rings (SSSR count). The third kappa shape index (κ3) is 5.57. The number of ether oxygens (including phenoxy) is 2. The van der Waals surface area contributed by atoms with Crippen molar-refractivity contribution in [2.75, 3.05) is 25.1 Å². The SMILES string of the molecule is COC(=O)C1(C(=O)OC)Cc2cc(CC(C)NCC(O)c3cccc(Cl)c3)ccc2N1S(=O)(=O)c1ccccc1. The highest BCUT2D eigenvalue weighted by Gasteiger charge is 2.62. The molecular formula is C29H31ClN2O7S. The topological polar surface area (TPSA) is 122 Å². The molecule has 2 unspecified atom stereocenters. The number of aliphatic hydroxyl groups excluding tert-OH is 1. The summed E-state index contributed by atoms with van der Waals surface area (Å²) in [6.45, 7) is 2.25. The minimum Gasteiger partial charge on any atom is -0.467 e. The van der Waals surface area contributed by atoms with Crippen molar-refractivity contribution in [2.45, 2.75) is 42.3 Å². The molecule has 0 spiro atoms. The molecule has 0 saturated heterocycles. The zero-order valence-electron chi connectivity index (χ0n) is 22.3. The largest absolute Gasteiger partial charge is 0.467 e. The van der Waals surface area contributed by atoms with Crippen LogP contribution in [0.1, 0.15) is 29.7 Å². The summed E-state index contributed by atoms with van der Waals surface area (Å²) in [7, 11) is -2.18. The van der Waals surface area contributed by atoms with Gasteiger partial charge in [-0.25, -0.2) is 22.3 Å². The van der Waals surface area contributed by atoms with Crippen LogP contribution in [0.5, 0.6) is 0 Å². The lowest BCUT2D eigenvalue weighted by Gasteiger charge is -2.34. The summed E-state index contributed by atoms with van der Waals surface area (Å²) in [6.07, 6.45) is -0.472. The molecule has 1 aliphatic rings. The predicted molar refractivity (Wildman–Crippen MR) is 151 cm³/mol. The van der Waals surface area contributed by atoms with Crippen LogP contribution in [0.25, 0.3) is 0 Å². The van der Waals surface area contributed by atoms with Gasteiger partial charge < -0.3 is 19.9 Å². The molecule has 2 atom stereocenters. The van der Waals surface area contributed by atoms with Crippen LogP contribution in [0.2, 0.25) is 5.02 Å². The molecule has 0 fully saturated rings. The molecule has 11 heteroatoms. The number of halogens is 1. The summed E-state index contributed by atoms with van der Waals surface area (Å²) in [6, 6.07) is 19.7. The zero-order valence-corrected chi connectivity index (χ0v) is 23.9. The highest BCUT2D eigenvalue weighted by atomic mass is 35.5. The van der Waals surface area contributed by atoms with Gasteiger partial charge in [-0.2, -0.15) is 0 Å². The Balaban J connectivity index is 1.63. The smallest absolute Gasteiger partial charge is 0.344 e. The van der Waals surface area contributed by atoms with E-state index in [1.54, 1.807) is 60.7 Å². The minimum atomic E-state index is -4.37. The molecule has 212 valence electrons. The lowest BCUT2D eigenvalue weighted by atomic mass is 9.94. The molecule has 1 heterocycles. The minimum absolute atomic E-state index is 0.0663. The van der Waals surface area contributed by atoms with Crippen molar-refractivity contribution in [1.29, 1.82) is 0 Å². The summed E-state index contributed by atoms with van der Waals surface area (Å²) in [5, 5.41) is 14.4. The first-order chi connectivity index (χ1) is 19.0. The molecule has 0 aromatic heterocycles. The number of hydrogen-bond donors (Lipinski definition) is 2. The van der Waals surface area contributed by atoms with Crippen molar-refractivity contribution in [2.24, 2.45) is 0 Å². The maximum absolute atomic E-state index is 13.9. The number of fused-ring (bicyclic) bond motifs is 1. The van der Waals surface area contributed by atoms with E-state index in [9.17, 15) is 23.1 Å². The second-order valence-electron chi connectivity index (χ2n) is 9.65. The van der Waals surface area contributed by atoms with Gasteiger partial charge in [-0.1, -0.05) is 54.1 Å². The summed E-state index contributed by atoms with van der Waals surface area (Å²) in [4.78, 5) is 26.3. The van der Waals surface area contributed by atoms with Crippen LogP contribution in [0.15, 0.2) is 77.7 Å². The van der Waals surface area contributed by atoms with Crippen LogP contribution in [-0.2, 0) is 41.9 Å². The Morgan fingerprint density at radius 1 is 1.02 bits per heavy atom. The highest BCUT2D eigenvalue weighted by molar-refractivity contribution is 7.93. The molecule has 9 nitrogen and oxygen atoms in total. The van der Waals surface area contributed by atoms with Gasteiger partial charge in [0.1, 0.15) is 0 Å². The number of anilines is 1. The second kappa shape index (κ2) is 12.0. The van der Waals surface area contributed by atoms with Crippen molar-refractivity contribution in [3.63, 3.8) is 0 Å². The van der Waals surface area contributed by atoms with E-state index in [2.05, 4.69) is 5.32 Å². The third-order valence-corrected chi connectivity index (χ3v) is 9.01. The highest BCUT2D eigenvalue weighted by Crippen LogP contribution is 2.44. The van der Waals surface area contributed by atoms with Crippen LogP contribution >= 0.6 is 11.6 Å². The Bertz CT molecular complexity index is 1480. The Morgan fingerprint density at radius 2 is 1.70 bits per heavy atom. The second-order valence-corrected chi connectivity index (χ2v) is 11.9. The fraction of sp³-hybridized carbons (Fsp3) is 0.310. The molecule has 40 heavy (non-hydrogen) atoms. The molecule has 0 aliphatic carbocycles. The average molecular weight is 587 g/mol. The molecule has 1 aliphatic heterocycles. The normalized spacial score (nSPS) is 15.7. The standard InChI is InChI=1S/C29H31ClN2O7S/c1-19(31-18-26(33)21-8-7-9-23(30)16-21)14-20-12-13-25-22(15-20)17-29(27(34)38-2,28(35)39-3)32(25)40(36,37)24-10-5-4-6-11-24/h4-13,15-16,19,26,31,33H,14,17-18H2,1-3H3. The quantitative estimate of drug-likeness (QED) is 0.274. The summed E-state index contributed by atoms with van der Waals surface area (Å²) < 4.78 is 38.5. The van der Waals surface area contributed by atoms with Gasteiger partial charge in [-0.05, 0) is 60.4 Å². The van der Waals surface area contributed by atoms with Crippen LogP contribution in [0.3, 0.4) is 0 Å². The van der Waals surface area contributed by atoms with Gasteiger partial charge in [-0.3, -0.25) is 0 Å². The number of sulfonamides is 1. The van der Waals surface area contributed by atoms with E-state index in [0.717, 1.165) is 24.1 Å². The molecule has 0 amide bonds. The monoisotopic (exact) mass is 586 g/mol. The van der Waals surface area contributed by atoms with Gasteiger partial charge in [-0.15, -0.1) is 0 Å². The number of carbonyl (C=O) groups is 2. The molecule has 0 radical (unpaired) electrons. The fourth-order valence-corrected chi connectivity index (χ4v) is 6.96. The van der Waals surface area contributed by atoms with Crippen LogP contribution in [0.4, 0.5) is 5.69 Å². The number of rotatable bonds is 10. The average Bonchev–Trinajstić information content (AvgIpc) is 3.31. The Kier molecular flexibility index (Phi) is 8.84. The number of nitrogens with zero attached hydrogens (tertiary/aromatic N) is 1. The van der Waals surface area contributed by atoms with Gasteiger partial charge >= 0.3 is 11.9 Å². The number of aliphatic hydroxyl groups is 1. The first kappa shape index (κ1) is 29.5. The van der Waals surface area contributed by atoms with E-state index in [-0.39, 0.29) is 23.0 Å². The molecule has 0 saturated carbocycles. The van der Waals surface area contributed by atoms with Crippen LogP contribution in [0, 0.1) is 0 Å². The third-order valence-electron chi connectivity index (χ3n) is 6.92. The lowest BCUT2D eigenvalue weighted by molar-refractivity contribution is -0.160. The zero-order chi connectivity index (χ0) is 29.1. The van der Waals surface area contributed by atoms with Crippen LogP contribution in [-0.4, -0.2) is 57.8 Å². The number of benzene rings is 3. The van der Waals surface area contributed by atoms with E-state index in [4.69, 9.17) is 21.1 Å². The summed E-state index contributed by atoms with van der Waals surface area (Å²) >= 11 is 6.03. The van der Waals surface area contributed by atoms with E-state index in [1.807, 2.05) is 6.92 Å². The first-order valence-corrected chi connectivity index (χ1v) is 14.4. The molecular weight excluding hydrogens is 556 g/mol. The Morgan fingerprint density at radius 3 is 2.33 bits per heavy atom. The van der Waals surface area contributed by atoms with Crippen molar-refractivity contribution in [3.05, 3.63) is 94.5 Å². The number of esters is 2. The van der Waals surface area contributed by atoms with Crippen molar-refractivity contribution in [3.8, 4) is 0 Å². The molecule has 0 bridgehead atoms. The van der Waals surface area contributed by atoms with Crippen molar-refractivity contribution in [1.82, 2.24) is 5.32 Å². The fourth-order valence-electron chi connectivity index (χ4n) is 4.99. The van der Waals surface area contributed by atoms with Gasteiger partial charge in [0.15, 0.2) is 0 Å². The molecule has 3 aromatic carbocycles. The van der Waals surface area contributed by atoms with Crippen LogP contribution < -0.4 is 9.62 Å². The van der Waals surface area contributed by atoms with Gasteiger partial charge in [0.05, 0.1) is 30.9 Å². The number of methoxy groups -OCH3 is 2. The van der Waals surface area contributed by atoms with Gasteiger partial charge in [0, 0.05) is 24.0 Å². The summed E-state index contributed by atoms with van der Waals surface area (Å²) in [5.74, 6) is -2.08. The van der Waals surface area contributed by atoms with Gasteiger partial charge in [0.2, 0.25) is 0 Å². The molecule has 2 N–H and O–H groups in total. The van der Waals surface area contributed by atoms with E-state index >= 15 is 0 Å². The summed E-state index contributed by atoms with van der Waals surface area (Å²) in [5.41, 5.74) is -0.0336. The van der Waals surface area contributed by atoms with E-state index in [0.29, 0.717) is 29.1 Å². The Hall–Kier alpha value is -3.44. The maximum Gasteiger partial charge on any atom is 0.344 e. The van der Waals surface area contributed by atoms with E-state index < -0.39 is 33.6 Å².